The molecule has 2 heterocycles. The molecule has 6 atom stereocenters. The number of benzene rings is 1. The maximum Gasteiger partial charge on any atom is 0.349 e. The molecule has 1 fully saturated rings. The topological polar surface area (TPSA) is 196 Å². The summed E-state index contributed by atoms with van der Waals surface area (Å²) in [6.07, 6.45) is -6.36. The summed E-state index contributed by atoms with van der Waals surface area (Å²) in [5.74, 6) is -4.79. The van der Waals surface area contributed by atoms with Crippen LogP contribution in [0.2, 0.25) is 0 Å². The third-order valence-electron chi connectivity index (χ3n) is 6.02. The number of methoxy groups -OCH3 is 1. The number of thioether (sulfide) groups is 1. The van der Waals surface area contributed by atoms with Crippen molar-refractivity contribution >= 4 is 58.6 Å². The first kappa shape index (κ1) is 33.3. The van der Waals surface area contributed by atoms with Crippen molar-refractivity contribution in [3.05, 3.63) is 24.3 Å². The summed E-state index contributed by atoms with van der Waals surface area (Å²) >= 11 is 0.694. The maximum atomic E-state index is 13.5. The Balaban J connectivity index is 2.21. The molecule has 0 unspecified atom stereocenters. The summed E-state index contributed by atoms with van der Waals surface area (Å²) in [7, 11) is 1.10. The van der Waals surface area contributed by atoms with Gasteiger partial charge in [0.1, 0.15) is 24.3 Å². The molecule has 16 heteroatoms. The average Bonchev–Trinajstić information content (AvgIpc) is 3.31. The highest BCUT2D eigenvalue weighted by Crippen LogP contribution is 2.46. The molecule has 3 rings (SSSR count). The number of hydrogen-bond acceptors (Lipinski definition) is 15. The predicted octanol–water partition coefficient (Wildman–Crippen LogP) is 1.44. The summed E-state index contributed by atoms with van der Waals surface area (Å²) in [4.78, 5) is 76.4. The highest BCUT2D eigenvalue weighted by atomic mass is 32.2. The highest BCUT2D eigenvalue weighted by molar-refractivity contribution is 8.01. The van der Waals surface area contributed by atoms with Gasteiger partial charge in [0.05, 0.1) is 13.2 Å². The zero-order valence-corrected chi connectivity index (χ0v) is 25.1. The number of hydrogen-bond donors (Lipinski definition) is 1. The first-order valence-corrected chi connectivity index (χ1v) is 13.8. The first-order chi connectivity index (χ1) is 20.2. The van der Waals surface area contributed by atoms with Crippen LogP contribution in [0.1, 0.15) is 41.0 Å². The van der Waals surface area contributed by atoms with Crippen LogP contribution in [0.4, 0.5) is 0 Å². The van der Waals surface area contributed by atoms with E-state index >= 15 is 0 Å². The fourth-order valence-electron chi connectivity index (χ4n) is 4.54. The van der Waals surface area contributed by atoms with E-state index < -0.39 is 77.8 Å². The summed E-state index contributed by atoms with van der Waals surface area (Å²) < 4.78 is 38.7. The van der Waals surface area contributed by atoms with Crippen LogP contribution in [0.3, 0.4) is 0 Å². The lowest BCUT2D eigenvalue weighted by atomic mass is 9.89. The van der Waals surface area contributed by atoms with E-state index in [1.807, 2.05) is 0 Å². The lowest BCUT2D eigenvalue weighted by molar-refractivity contribution is -0.224. The lowest BCUT2D eigenvalue weighted by Crippen LogP contribution is -2.68. The molecule has 43 heavy (non-hydrogen) atoms. The van der Waals surface area contributed by atoms with Gasteiger partial charge in [0.2, 0.25) is 10.8 Å². The average molecular weight is 625 g/mol. The summed E-state index contributed by atoms with van der Waals surface area (Å²) in [5, 5.41) is 2.59. The van der Waals surface area contributed by atoms with E-state index in [1.165, 1.54) is 6.92 Å². The summed E-state index contributed by atoms with van der Waals surface area (Å²) in [6, 6.07) is 5.53. The summed E-state index contributed by atoms with van der Waals surface area (Å²) in [5.41, 5.74) is 0.873. The number of amides is 1. The third kappa shape index (κ3) is 8.67. The van der Waals surface area contributed by atoms with E-state index in [4.69, 9.17) is 32.8 Å². The first-order valence-electron chi connectivity index (χ1n) is 13.0. The second kappa shape index (κ2) is 14.3. The number of esters is 5. The Hall–Kier alpha value is -4.18. The smallest absolute Gasteiger partial charge is 0.349 e. The van der Waals surface area contributed by atoms with Crippen LogP contribution in [0.25, 0.3) is 11.1 Å². The van der Waals surface area contributed by atoms with Crippen molar-refractivity contribution in [2.24, 2.45) is 0 Å². The normalized spacial score (nSPS) is 22.9. The Morgan fingerprint density at radius 2 is 1.67 bits per heavy atom. The van der Waals surface area contributed by atoms with E-state index in [0.29, 0.717) is 22.9 Å². The number of nitrogens with zero attached hydrogens (tertiary/aromatic N) is 1. The molecule has 234 valence electrons. The van der Waals surface area contributed by atoms with Crippen molar-refractivity contribution in [1.82, 2.24) is 10.3 Å². The van der Waals surface area contributed by atoms with Crippen molar-refractivity contribution in [3.63, 3.8) is 0 Å². The Morgan fingerprint density at radius 3 is 2.23 bits per heavy atom. The second-order valence-corrected chi connectivity index (χ2v) is 10.7. The minimum atomic E-state index is -2.07. The van der Waals surface area contributed by atoms with Gasteiger partial charge in [-0.3, -0.25) is 24.0 Å². The molecule has 2 aromatic rings. The molecule has 15 nitrogen and oxygen atoms in total. The van der Waals surface area contributed by atoms with Gasteiger partial charge < -0.3 is 38.2 Å². The molecule has 0 radical (unpaired) electrons. The Kier molecular flexibility index (Phi) is 11.1. The van der Waals surface area contributed by atoms with E-state index in [0.717, 1.165) is 34.8 Å². The van der Waals surface area contributed by atoms with Gasteiger partial charge in [-0.1, -0.05) is 12.1 Å². The molecule has 1 aliphatic heterocycles. The fourth-order valence-corrected chi connectivity index (χ4v) is 5.67. The minimum absolute atomic E-state index is 0.0228. The molecule has 1 aromatic carbocycles. The molecule has 0 bridgehead atoms. The van der Waals surface area contributed by atoms with Crippen molar-refractivity contribution in [2.75, 3.05) is 13.7 Å². The lowest BCUT2D eigenvalue weighted by Gasteiger charge is -2.48. The van der Waals surface area contributed by atoms with Crippen molar-refractivity contribution in [3.8, 4) is 0 Å². The number of oxazole rings is 1. The van der Waals surface area contributed by atoms with Crippen LogP contribution in [-0.4, -0.2) is 89.8 Å². The van der Waals surface area contributed by atoms with E-state index in [2.05, 4.69) is 10.3 Å². The third-order valence-corrected chi connectivity index (χ3v) is 7.13. The van der Waals surface area contributed by atoms with E-state index in [-0.39, 0.29) is 11.6 Å². The number of rotatable bonds is 11. The Morgan fingerprint density at radius 1 is 1.00 bits per heavy atom. The quantitative estimate of drug-likeness (QED) is 0.278. The van der Waals surface area contributed by atoms with Crippen LogP contribution in [0.5, 0.6) is 0 Å². The Bertz CT molecular complexity index is 1340. The summed E-state index contributed by atoms with van der Waals surface area (Å²) in [6.45, 7) is 4.95. The number of aromatic nitrogens is 1. The number of carbonyl (C=O) groups is 6. The van der Waals surface area contributed by atoms with Crippen LogP contribution in [0.15, 0.2) is 33.9 Å². The van der Waals surface area contributed by atoms with Gasteiger partial charge in [0, 0.05) is 41.0 Å². The van der Waals surface area contributed by atoms with Crippen LogP contribution >= 0.6 is 11.8 Å². The molecule has 1 saturated heterocycles. The molecule has 0 aliphatic carbocycles. The van der Waals surface area contributed by atoms with Crippen LogP contribution < -0.4 is 5.32 Å². The molecular formula is C27H32N2O13S. The molecule has 1 N–H and O–H groups in total. The molecule has 1 amide bonds. The second-order valence-electron chi connectivity index (χ2n) is 9.48. The standard InChI is InChI=1S/C27H32N2O13S/c1-13(30)28-22-20(38-15(3)32)11-27(25(35)36-6,43-26-29-18-9-7-8-10-19(18)41-26)42-24(22)23(40-17(5)34)21(39-16(4)33)12-37-14(2)31/h7-10,20-24H,11-12H2,1-6H3,(H,28,30)/t20-,21+,22+,23+,24+,27-/m0/s1. The number of para-hydroxylation sites is 2. The van der Waals surface area contributed by atoms with Crippen molar-refractivity contribution in [2.45, 2.75) is 81.7 Å². The van der Waals surface area contributed by atoms with Gasteiger partial charge in [-0.05, 0) is 23.9 Å². The zero-order valence-electron chi connectivity index (χ0n) is 24.3. The number of carbonyl (C=O) groups excluding carboxylic acids is 6. The van der Waals surface area contributed by atoms with Crippen molar-refractivity contribution in [1.29, 1.82) is 0 Å². The zero-order chi connectivity index (χ0) is 31.9. The molecular weight excluding hydrogens is 592 g/mol. The van der Waals surface area contributed by atoms with Gasteiger partial charge in [-0.2, -0.15) is 0 Å². The van der Waals surface area contributed by atoms with Crippen molar-refractivity contribution < 1.29 is 61.6 Å². The van der Waals surface area contributed by atoms with Crippen LogP contribution in [0, 0.1) is 0 Å². The Labute approximate surface area is 250 Å². The maximum absolute atomic E-state index is 13.5. The highest BCUT2D eigenvalue weighted by Gasteiger charge is 2.59. The fraction of sp³-hybridized carbons (Fsp3) is 0.519. The molecule has 0 saturated carbocycles. The van der Waals surface area contributed by atoms with Gasteiger partial charge in [-0.25, -0.2) is 9.78 Å². The van der Waals surface area contributed by atoms with Crippen LogP contribution in [-0.2, 0) is 57.2 Å². The van der Waals surface area contributed by atoms with E-state index in [9.17, 15) is 28.8 Å². The monoisotopic (exact) mass is 624 g/mol. The van der Waals surface area contributed by atoms with Gasteiger partial charge in [-0.15, -0.1) is 0 Å². The predicted molar refractivity (Wildman–Crippen MR) is 145 cm³/mol. The van der Waals surface area contributed by atoms with Gasteiger partial charge in [0.25, 0.3) is 5.22 Å². The SMILES string of the molecule is COC(=O)[C@@]1(Sc2nc3ccccc3o2)C[C@H](OC(C)=O)[C@@H](NC(C)=O)[C@H]([C@H](OC(C)=O)[C@@H](COC(C)=O)OC(C)=O)O1. The van der Waals surface area contributed by atoms with Gasteiger partial charge in [0.15, 0.2) is 17.8 Å². The molecule has 1 aliphatic rings. The molecule has 0 spiro atoms. The number of nitrogens with one attached hydrogen (secondary N) is 1. The van der Waals surface area contributed by atoms with E-state index in [1.54, 1.807) is 24.3 Å². The largest absolute Gasteiger partial charge is 0.466 e. The molecule has 1 aromatic heterocycles. The number of ether oxygens (including phenoxy) is 6. The number of fused-ring (bicyclic) bond motifs is 1. The minimum Gasteiger partial charge on any atom is -0.466 e. The van der Waals surface area contributed by atoms with Gasteiger partial charge >= 0.3 is 29.8 Å².